The van der Waals surface area contributed by atoms with Crippen LogP contribution in [0.5, 0.6) is 0 Å². The topological polar surface area (TPSA) is 126 Å². The van der Waals surface area contributed by atoms with Crippen LogP contribution in [-0.2, 0) is 12.1 Å². The zero-order valence-corrected chi connectivity index (χ0v) is 21.4. The third kappa shape index (κ3) is 6.18. The van der Waals surface area contributed by atoms with E-state index in [-0.39, 0.29) is 29.4 Å². The van der Waals surface area contributed by atoms with Gasteiger partial charge in [0.1, 0.15) is 11.8 Å². The van der Waals surface area contributed by atoms with Crippen LogP contribution in [0.15, 0.2) is 64.3 Å². The number of benzene rings is 2. The van der Waals surface area contributed by atoms with Crippen LogP contribution in [0, 0.1) is 0 Å². The molecule has 1 heterocycles. The summed E-state index contributed by atoms with van der Waals surface area (Å²) in [6.07, 6.45) is 6.17. The van der Waals surface area contributed by atoms with Crippen LogP contribution >= 0.6 is 11.6 Å². The number of hydrogen-bond acceptors (Lipinski definition) is 6. The maximum atomic E-state index is 13.3. The van der Waals surface area contributed by atoms with E-state index in [1.807, 2.05) is 0 Å². The lowest BCUT2D eigenvalue weighted by Gasteiger charge is -2.27. The number of nitrogens with zero attached hydrogens (tertiary/aromatic N) is 3. The average molecular weight is 527 g/mol. The molecule has 37 heavy (non-hydrogen) atoms. The second kappa shape index (κ2) is 11.0. The molecule has 0 saturated heterocycles. The number of hydrogen-bond donors (Lipinski definition) is 3. The predicted octanol–water partition coefficient (Wildman–Crippen LogP) is 2.77. The highest BCUT2D eigenvalue weighted by atomic mass is 35.5. The summed E-state index contributed by atoms with van der Waals surface area (Å²) in [7, 11) is 0. The van der Waals surface area contributed by atoms with Crippen molar-refractivity contribution in [2.75, 3.05) is 6.54 Å². The number of halogens is 1. The lowest BCUT2D eigenvalue weighted by Crippen LogP contribution is -2.45. The number of amides is 1. The summed E-state index contributed by atoms with van der Waals surface area (Å²) in [5, 5.41) is 28.7. The van der Waals surface area contributed by atoms with Gasteiger partial charge in [0.25, 0.3) is 11.5 Å². The van der Waals surface area contributed by atoms with Gasteiger partial charge in [0.15, 0.2) is 0 Å². The zero-order chi connectivity index (χ0) is 26.6. The molecule has 1 fully saturated rings. The molecule has 1 aliphatic carbocycles. The molecule has 3 N–H and O–H groups in total. The van der Waals surface area contributed by atoms with Crippen LogP contribution in [0.2, 0.25) is 5.02 Å². The smallest absolute Gasteiger partial charge is 0.352 e. The van der Waals surface area contributed by atoms with Crippen molar-refractivity contribution in [3.05, 3.63) is 91.7 Å². The first-order chi connectivity index (χ1) is 17.6. The minimum atomic E-state index is -1.49. The third-order valence-corrected chi connectivity index (χ3v) is 7.20. The Morgan fingerprint density at radius 3 is 2.46 bits per heavy atom. The fourth-order valence-electron chi connectivity index (χ4n) is 4.68. The normalized spacial score (nSPS) is 17.0. The van der Waals surface area contributed by atoms with Crippen molar-refractivity contribution in [3.8, 4) is 5.69 Å². The molecule has 1 aromatic heterocycles. The summed E-state index contributed by atoms with van der Waals surface area (Å²) >= 11 is 6.29. The molecule has 0 radical (unpaired) electrons. The first-order valence-electron chi connectivity index (χ1n) is 12.4. The maximum absolute atomic E-state index is 13.3. The van der Waals surface area contributed by atoms with Crippen LogP contribution < -0.4 is 16.6 Å². The van der Waals surface area contributed by atoms with Crippen molar-refractivity contribution >= 4 is 17.5 Å². The summed E-state index contributed by atoms with van der Waals surface area (Å²) in [6, 6.07) is 13.1. The van der Waals surface area contributed by atoms with E-state index >= 15 is 0 Å². The van der Waals surface area contributed by atoms with E-state index in [2.05, 4.69) is 10.4 Å². The van der Waals surface area contributed by atoms with Crippen molar-refractivity contribution in [1.82, 2.24) is 19.7 Å². The molecule has 1 saturated carbocycles. The Morgan fingerprint density at radius 1 is 1.11 bits per heavy atom. The number of aromatic nitrogens is 3. The van der Waals surface area contributed by atoms with Crippen LogP contribution in [0.25, 0.3) is 5.69 Å². The SMILES string of the molecule is CC(O)(Cn1c(=O)cnn(-c2ccc(Cl)c(C(=O)NCC3(O)CCCCCC3)c2)c1=O)c1ccccc1. The highest BCUT2D eigenvalue weighted by Crippen LogP contribution is 2.27. The first kappa shape index (κ1) is 26.8. The van der Waals surface area contributed by atoms with Gasteiger partial charge in [-0.2, -0.15) is 9.78 Å². The number of rotatable bonds is 7. The van der Waals surface area contributed by atoms with Crippen LogP contribution in [0.1, 0.15) is 61.4 Å². The Hall–Kier alpha value is -3.27. The van der Waals surface area contributed by atoms with Crippen molar-refractivity contribution < 1.29 is 15.0 Å². The average Bonchev–Trinajstić information content (AvgIpc) is 3.11. The second-order valence-corrected chi connectivity index (χ2v) is 10.3. The van der Waals surface area contributed by atoms with E-state index in [9.17, 15) is 24.6 Å². The lowest BCUT2D eigenvalue weighted by molar-refractivity contribution is 0.0246. The largest absolute Gasteiger partial charge is 0.388 e. The van der Waals surface area contributed by atoms with E-state index in [1.165, 1.54) is 25.1 Å². The summed E-state index contributed by atoms with van der Waals surface area (Å²) in [4.78, 5) is 38.7. The number of nitrogens with one attached hydrogen (secondary N) is 1. The summed E-state index contributed by atoms with van der Waals surface area (Å²) < 4.78 is 1.88. The third-order valence-electron chi connectivity index (χ3n) is 6.87. The fourth-order valence-corrected chi connectivity index (χ4v) is 4.88. The maximum Gasteiger partial charge on any atom is 0.352 e. The molecule has 2 aromatic carbocycles. The Labute approximate surface area is 219 Å². The Morgan fingerprint density at radius 2 is 1.78 bits per heavy atom. The highest BCUT2D eigenvalue weighted by Gasteiger charge is 2.29. The van der Waals surface area contributed by atoms with Gasteiger partial charge in [0.2, 0.25) is 0 Å². The molecule has 4 rings (SSSR count). The van der Waals surface area contributed by atoms with Crippen LogP contribution in [-0.4, -0.2) is 42.6 Å². The molecule has 0 spiro atoms. The zero-order valence-electron chi connectivity index (χ0n) is 20.7. The van der Waals surface area contributed by atoms with Gasteiger partial charge in [0.05, 0.1) is 28.4 Å². The number of carbonyl (C=O) groups is 1. The van der Waals surface area contributed by atoms with Crippen LogP contribution in [0.4, 0.5) is 0 Å². The summed E-state index contributed by atoms with van der Waals surface area (Å²) in [5.74, 6) is -0.488. The van der Waals surface area contributed by atoms with Gasteiger partial charge in [-0.3, -0.25) is 14.2 Å². The van der Waals surface area contributed by atoms with Crippen molar-refractivity contribution in [3.63, 3.8) is 0 Å². The van der Waals surface area contributed by atoms with Gasteiger partial charge in [0, 0.05) is 6.54 Å². The minimum Gasteiger partial charge on any atom is -0.388 e. The molecule has 3 aromatic rings. The molecule has 1 aliphatic rings. The minimum absolute atomic E-state index is 0.101. The van der Waals surface area contributed by atoms with E-state index < -0.39 is 28.4 Å². The number of aliphatic hydroxyl groups is 2. The van der Waals surface area contributed by atoms with Crippen molar-refractivity contribution in [1.29, 1.82) is 0 Å². The molecule has 0 aliphatic heterocycles. The fraction of sp³-hybridized carbons (Fsp3) is 0.407. The molecule has 1 unspecified atom stereocenters. The molecule has 196 valence electrons. The van der Waals surface area contributed by atoms with Gasteiger partial charge >= 0.3 is 5.69 Å². The van der Waals surface area contributed by atoms with Crippen molar-refractivity contribution in [2.24, 2.45) is 0 Å². The first-order valence-corrected chi connectivity index (χ1v) is 12.8. The monoisotopic (exact) mass is 526 g/mol. The lowest BCUT2D eigenvalue weighted by atomic mass is 9.94. The number of carbonyl (C=O) groups excluding carboxylic acids is 1. The van der Waals surface area contributed by atoms with E-state index in [4.69, 9.17) is 11.6 Å². The van der Waals surface area contributed by atoms with Gasteiger partial charge in [-0.25, -0.2) is 4.79 Å². The highest BCUT2D eigenvalue weighted by molar-refractivity contribution is 6.33. The Kier molecular flexibility index (Phi) is 7.96. The van der Waals surface area contributed by atoms with E-state index in [0.717, 1.165) is 41.1 Å². The molecule has 1 atom stereocenters. The molecule has 1 amide bonds. The van der Waals surface area contributed by atoms with Gasteiger partial charge in [-0.1, -0.05) is 67.6 Å². The van der Waals surface area contributed by atoms with Crippen LogP contribution in [0.3, 0.4) is 0 Å². The molecule has 9 nitrogen and oxygen atoms in total. The standard InChI is InChI=1S/C27H31ClN4O5/c1-26(36,19-9-5-4-6-10-19)18-31-23(33)16-30-32(25(31)35)20-11-12-22(28)21(15-20)24(34)29-17-27(37)13-7-2-3-8-14-27/h4-6,9-12,15-16,36-37H,2-3,7-8,13-14,17-18H2,1H3,(H,29,34). The molecular weight excluding hydrogens is 496 g/mol. The Bertz CT molecular complexity index is 1380. The van der Waals surface area contributed by atoms with Gasteiger partial charge in [-0.05, 0) is 43.5 Å². The van der Waals surface area contributed by atoms with Gasteiger partial charge < -0.3 is 15.5 Å². The van der Waals surface area contributed by atoms with Gasteiger partial charge in [-0.15, -0.1) is 0 Å². The summed E-state index contributed by atoms with van der Waals surface area (Å²) in [6.45, 7) is 1.33. The summed E-state index contributed by atoms with van der Waals surface area (Å²) in [5.41, 5.74) is -3.01. The van der Waals surface area contributed by atoms with E-state index in [1.54, 1.807) is 30.3 Å². The van der Waals surface area contributed by atoms with Crippen molar-refractivity contribution in [2.45, 2.75) is 63.2 Å². The predicted molar refractivity (Wildman–Crippen MR) is 140 cm³/mol. The quantitative estimate of drug-likeness (QED) is 0.406. The Balaban J connectivity index is 1.60. The molecular formula is C27H31ClN4O5. The second-order valence-electron chi connectivity index (χ2n) is 9.89. The van der Waals surface area contributed by atoms with E-state index in [0.29, 0.717) is 18.4 Å². The molecule has 0 bridgehead atoms. The molecule has 10 heteroatoms.